The monoisotopic (exact) mass is 299 g/mol. The summed E-state index contributed by atoms with van der Waals surface area (Å²) in [4.78, 5) is 0. The summed E-state index contributed by atoms with van der Waals surface area (Å²) in [6.45, 7) is 19.7. The minimum absolute atomic E-state index is 0.392. The minimum atomic E-state index is -1.05. The summed E-state index contributed by atoms with van der Waals surface area (Å²) in [7, 11) is -2.10. The molecular weight excluding hydrogens is 275 g/mol. The molecular formula is C12H24AsSi2. The van der Waals surface area contributed by atoms with Gasteiger partial charge >= 0.3 is 104 Å². The normalized spacial score (nSPS) is 19.2. The standard InChI is InChI=1S/C12H24AsSi2/c1-9-10(2)12(15(6,7)8)13-11(9)14(3,4)5/h1-8H3. The van der Waals surface area contributed by atoms with Crippen LogP contribution in [0.25, 0.3) is 0 Å². The Morgan fingerprint density at radius 3 is 1.07 bits per heavy atom. The van der Waals surface area contributed by atoms with E-state index < -0.39 is 16.1 Å². The third-order valence-electron chi connectivity index (χ3n) is 2.92. The van der Waals surface area contributed by atoms with Crippen molar-refractivity contribution in [2.45, 2.75) is 53.1 Å². The molecule has 1 rings (SSSR count). The molecule has 85 valence electrons. The predicted octanol–water partition coefficient (Wildman–Crippen LogP) is 4.01. The fourth-order valence-corrected chi connectivity index (χ4v) is 13.2. The Labute approximate surface area is 104 Å². The number of hydrogen-bond donors (Lipinski definition) is 0. The Morgan fingerprint density at radius 2 is 0.933 bits per heavy atom. The number of rotatable bonds is 2. The van der Waals surface area contributed by atoms with Crippen molar-refractivity contribution >= 4 is 31.9 Å². The third kappa shape index (κ3) is 2.78. The van der Waals surface area contributed by atoms with E-state index in [1.165, 1.54) is 0 Å². The molecule has 0 fully saturated rings. The molecule has 3 heteroatoms. The van der Waals surface area contributed by atoms with Crippen molar-refractivity contribution in [2.24, 2.45) is 0 Å². The fourth-order valence-electron chi connectivity index (χ4n) is 2.10. The number of allylic oxidation sites excluding steroid dienone is 2. The Morgan fingerprint density at radius 1 is 0.667 bits per heavy atom. The molecule has 0 aromatic rings. The molecule has 1 heterocycles. The van der Waals surface area contributed by atoms with Gasteiger partial charge in [0, 0.05) is 0 Å². The van der Waals surface area contributed by atoms with E-state index in [9.17, 15) is 0 Å². The molecule has 1 aliphatic heterocycles. The van der Waals surface area contributed by atoms with Gasteiger partial charge in [0.15, 0.2) is 0 Å². The van der Waals surface area contributed by atoms with Crippen LogP contribution in [0.2, 0.25) is 39.3 Å². The molecule has 0 N–H and O–H groups in total. The van der Waals surface area contributed by atoms with E-state index in [4.69, 9.17) is 0 Å². The molecule has 0 bridgehead atoms. The fraction of sp³-hybridized carbons (Fsp3) is 0.667. The summed E-state index contributed by atoms with van der Waals surface area (Å²) in [5.74, 6) is 0. The first kappa shape index (κ1) is 13.5. The van der Waals surface area contributed by atoms with Gasteiger partial charge in [0.2, 0.25) is 0 Å². The molecule has 0 aromatic heterocycles. The van der Waals surface area contributed by atoms with Crippen LogP contribution in [0.4, 0.5) is 0 Å². The molecule has 0 unspecified atom stereocenters. The summed E-state index contributed by atoms with van der Waals surface area (Å²) in [6.07, 6.45) is 0. The van der Waals surface area contributed by atoms with Crippen LogP contribution in [0.1, 0.15) is 13.8 Å². The van der Waals surface area contributed by atoms with Gasteiger partial charge in [0.25, 0.3) is 0 Å². The van der Waals surface area contributed by atoms with Gasteiger partial charge in [-0.3, -0.25) is 0 Å². The van der Waals surface area contributed by atoms with Crippen molar-refractivity contribution < 1.29 is 0 Å². The van der Waals surface area contributed by atoms with Crippen LogP contribution in [0.15, 0.2) is 19.1 Å². The second-order valence-electron chi connectivity index (χ2n) is 6.56. The SMILES string of the molecule is CC1=C([Si](C)(C)C)[As]C([Si](C)(C)C)=C1C. The van der Waals surface area contributed by atoms with Gasteiger partial charge < -0.3 is 0 Å². The molecule has 1 aliphatic rings. The maximum atomic E-state index is 2.50. The second kappa shape index (κ2) is 4.05. The van der Waals surface area contributed by atoms with Crippen molar-refractivity contribution in [1.29, 1.82) is 0 Å². The molecule has 0 atom stereocenters. The number of hydrogen-bond acceptors (Lipinski definition) is 0. The van der Waals surface area contributed by atoms with Crippen molar-refractivity contribution in [2.75, 3.05) is 0 Å². The van der Waals surface area contributed by atoms with Crippen LogP contribution in [-0.4, -0.2) is 31.9 Å². The summed E-state index contributed by atoms with van der Waals surface area (Å²) in [5, 5.41) is 0. The van der Waals surface area contributed by atoms with E-state index in [0.29, 0.717) is 15.8 Å². The second-order valence-corrected chi connectivity index (χ2v) is 20.7. The Balaban J connectivity index is 3.11. The van der Waals surface area contributed by atoms with Crippen molar-refractivity contribution in [3.05, 3.63) is 19.1 Å². The molecule has 0 amide bonds. The van der Waals surface area contributed by atoms with Gasteiger partial charge in [-0.2, -0.15) is 0 Å². The summed E-state index contributed by atoms with van der Waals surface area (Å²) < 4.78 is 3.79. The molecule has 0 nitrogen and oxygen atoms in total. The van der Waals surface area contributed by atoms with E-state index in [1.807, 2.05) is 7.97 Å². The Kier molecular flexibility index (Phi) is 3.65. The van der Waals surface area contributed by atoms with E-state index in [1.54, 1.807) is 11.1 Å². The summed E-state index contributed by atoms with van der Waals surface area (Å²) in [6, 6.07) is 0. The average molecular weight is 299 g/mol. The van der Waals surface area contributed by atoms with Crippen LogP contribution in [0, 0.1) is 0 Å². The zero-order chi connectivity index (χ0) is 12.0. The average Bonchev–Trinajstić information content (AvgIpc) is 2.26. The first-order valence-corrected chi connectivity index (χ1v) is 14.6. The quantitative estimate of drug-likeness (QED) is 0.676. The van der Waals surface area contributed by atoms with Crippen LogP contribution in [0.5, 0.6) is 0 Å². The van der Waals surface area contributed by atoms with Crippen LogP contribution >= 0.6 is 0 Å². The van der Waals surface area contributed by atoms with Gasteiger partial charge in [0.05, 0.1) is 0 Å². The molecule has 0 spiro atoms. The molecule has 1 radical (unpaired) electrons. The zero-order valence-corrected chi connectivity index (χ0v) is 15.3. The van der Waals surface area contributed by atoms with Crippen molar-refractivity contribution in [3.8, 4) is 0 Å². The van der Waals surface area contributed by atoms with E-state index in [-0.39, 0.29) is 0 Å². The molecule has 0 saturated heterocycles. The Bertz CT molecular complexity index is 304. The van der Waals surface area contributed by atoms with E-state index >= 15 is 0 Å². The Hall–Kier alpha value is 0.472. The third-order valence-corrected chi connectivity index (χ3v) is 18.5. The van der Waals surface area contributed by atoms with Crippen molar-refractivity contribution in [1.82, 2.24) is 0 Å². The molecule has 15 heavy (non-hydrogen) atoms. The first-order chi connectivity index (χ1) is 6.55. The first-order valence-electron chi connectivity index (χ1n) is 5.70. The maximum absolute atomic E-state index is 2.50. The molecule has 0 aliphatic carbocycles. The van der Waals surface area contributed by atoms with Crippen molar-refractivity contribution in [3.63, 3.8) is 0 Å². The van der Waals surface area contributed by atoms with Crippen LogP contribution < -0.4 is 0 Å². The summed E-state index contributed by atoms with van der Waals surface area (Å²) >= 11 is 0.392. The van der Waals surface area contributed by atoms with E-state index in [0.717, 1.165) is 0 Å². The van der Waals surface area contributed by atoms with Gasteiger partial charge in [-0.05, 0) is 0 Å². The van der Waals surface area contributed by atoms with Crippen LogP contribution in [-0.2, 0) is 0 Å². The van der Waals surface area contributed by atoms with Gasteiger partial charge in [0.1, 0.15) is 0 Å². The molecule has 0 aromatic carbocycles. The van der Waals surface area contributed by atoms with Crippen LogP contribution in [0.3, 0.4) is 0 Å². The zero-order valence-electron chi connectivity index (χ0n) is 11.4. The van der Waals surface area contributed by atoms with Gasteiger partial charge in [-0.15, -0.1) is 0 Å². The molecule has 0 saturated carbocycles. The summed E-state index contributed by atoms with van der Waals surface area (Å²) in [5.41, 5.74) is 3.35. The topological polar surface area (TPSA) is 0 Å². The predicted molar refractivity (Wildman–Crippen MR) is 77.8 cm³/mol. The van der Waals surface area contributed by atoms with Gasteiger partial charge in [-0.1, -0.05) is 0 Å². The van der Waals surface area contributed by atoms with E-state index in [2.05, 4.69) is 53.1 Å². The van der Waals surface area contributed by atoms with Gasteiger partial charge in [-0.25, -0.2) is 0 Å².